The summed E-state index contributed by atoms with van der Waals surface area (Å²) in [5.74, 6) is -0.764. The summed E-state index contributed by atoms with van der Waals surface area (Å²) in [6.45, 7) is 0.622. The first-order valence-electron chi connectivity index (χ1n) is 5.87. The summed E-state index contributed by atoms with van der Waals surface area (Å²) < 4.78 is 10.2. The van der Waals surface area contributed by atoms with E-state index in [0.717, 1.165) is 17.7 Å². The van der Waals surface area contributed by atoms with E-state index in [1.807, 2.05) is 24.3 Å². The van der Waals surface area contributed by atoms with Crippen molar-refractivity contribution in [3.63, 3.8) is 0 Å². The summed E-state index contributed by atoms with van der Waals surface area (Å²) in [5.41, 5.74) is 1.96. The average molecular weight is 261 g/mol. The summed E-state index contributed by atoms with van der Waals surface area (Å²) in [7, 11) is 1.65. The standard InChI is InChI=1S/C14H15NO4/c1-18-9-8-10-4-2-3-5-11(10)15-13-7-6-12(19-13)14(16)17/h2-7,15H,8-9H2,1H3,(H,16,17). The van der Waals surface area contributed by atoms with Gasteiger partial charge in [0.25, 0.3) is 0 Å². The van der Waals surface area contributed by atoms with Crippen LogP contribution in [0, 0.1) is 0 Å². The molecular weight excluding hydrogens is 246 g/mol. The molecule has 2 rings (SSSR count). The fourth-order valence-electron chi connectivity index (χ4n) is 1.73. The van der Waals surface area contributed by atoms with Crippen molar-refractivity contribution >= 4 is 17.5 Å². The molecule has 100 valence electrons. The highest BCUT2D eigenvalue weighted by Crippen LogP contribution is 2.23. The number of furan rings is 1. The van der Waals surface area contributed by atoms with Gasteiger partial charge in [0.2, 0.25) is 5.76 Å². The molecule has 0 saturated heterocycles. The van der Waals surface area contributed by atoms with Crippen LogP contribution in [0.15, 0.2) is 40.8 Å². The molecule has 1 aromatic carbocycles. The average Bonchev–Trinajstić information content (AvgIpc) is 2.86. The molecule has 19 heavy (non-hydrogen) atoms. The normalized spacial score (nSPS) is 10.4. The topological polar surface area (TPSA) is 71.7 Å². The highest BCUT2D eigenvalue weighted by molar-refractivity contribution is 5.85. The van der Waals surface area contributed by atoms with E-state index in [2.05, 4.69) is 5.32 Å². The van der Waals surface area contributed by atoms with E-state index in [9.17, 15) is 4.79 Å². The van der Waals surface area contributed by atoms with Gasteiger partial charge in [-0.2, -0.15) is 0 Å². The Balaban J connectivity index is 2.15. The number of ether oxygens (including phenoxy) is 1. The Kier molecular flexibility index (Phi) is 4.20. The van der Waals surface area contributed by atoms with Crippen LogP contribution in [0.4, 0.5) is 11.6 Å². The second-order valence-corrected chi connectivity index (χ2v) is 3.99. The lowest BCUT2D eigenvalue weighted by atomic mass is 10.1. The number of hydrogen-bond donors (Lipinski definition) is 2. The summed E-state index contributed by atoms with van der Waals surface area (Å²) in [5, 5.41) is 11.9. The number of carbonyl (C=O) groups is 1. The van der Waals surface area contributed by atoms with E-state index in [1.54, 1.807) is 13.2 Å². The Bertz CT molecular complexity index is 562. The molecular formula is C14H15NO4. The van der Waals surface area contributed by atoms with Gasteiger partial charge in [-0.05, 0) is 24.1 Å². The lowest BCUT2D eigenvalue weighted by molar-refractivity contribution is 0.0663. The van der Waals surface area contributed by atoms with Gasteiger partial charge in [0.1, 0.15) is 0 Å². The number of aromatic carboxylic acids is 1. The van der Waals surface area contributed by atoms with E-state index < -0.39 is 5.97 Å². The second kappa shape index (κ2) is 6.06. The number of methoxy groups -OCH3 is 1. The number of carboxylic acids is 1. The maximum Gasteiger partial charge on any atom is 0.371 e. The first kappa shape index (κ1) is 13.2. The zero-order valence-corrected chi connectivity index (χ0v) is 10.6. The molecule has 1 aromatic heterocycles. The zero-order chi connectivity index (χ0) is 13.7. The van der Waals surface area contributed by atoms with E-state index in [-0.39, 0.29) is 5.76 Å². The third-order valence-electron chi connectivity index (χ3n) is 2.67. The fraction of sp³-hybridized carbons (Fsp3) is 0.214. The van der Waals surface area contributed by atoms with Crippen LogP contribution in [0.5, 0.6) is 0 Å². The predicted molar refractivity (Wildman–Crippen MR) is 71.0 cm³/mol. The van der Waals surface area contributed by atoms with E-state index in [0.29, 0.717) is 12.5 Å². The lowest BCUT2D eigenvalue weighted by Gasteiger charge is -2.09. The van der Waals surface area contributed by atoms with Gasteiger partial charge in [-0.3, -0.25) is 0 Å². The molecule has 0 aliphatic heterocycles. The van der Waals surface area contributed by atoms with E-state index >= 15 is 0 Å². The number of benzene rings is 1. The number of nitrogens with one attached hydrogen (secondary N) is 1. The Hall–Kier alpha value is -2.27. The molecule has 0 saturated carbocycles. The van der Waals surface area contributed by atoms with Crippen LogP contribution in [0.25, 0.3) is 0 Å². The van der Waals surface area contributed by atoms with Crippen molar-refractivity contribution in [2.24, 2.45) is 0 Å². The highest BCUT2D eigenvalue weighted by atomic mass is 16.5. The summed E-state index contributed by atoms with van der Waals surface area (Å²) in [6, 6.07) is 10.8. The number of anilines is 2. The number of para-hydroxylation sites is 1. The van der Waals surface area contributed by atoms with Crippen LogP contribution in [0.3, 0.4) is 0 Å². The quantitative estimate of drug-likeness (QED) is 0.836. The van der Waals surface area contributed by atoms with Crippen molar-refractivity contribution in [1.29, 1.82) is 0 Å². The van der Waals surface area contributed by atoms with Crippen molar-refractivity contribution in [3.05, 3.63) is 47.7 Å². The minimum atomic E-state index is -1.08. The molecule has 1 heterocycles. The van der Waals surface area contributed by atoms with Gasteiger partial charge < -0.3 is 19.6 Å². The van der Waals surface area contributed by atoms with Crippen molar-refractivity contribution in [2.75, 3.05) is 19.0 Å². The molecule has 5 heteroatoms. The van der Waals surface area contributed by atoms with Crippen molar-refractivity contribution in [1.82, 2.24) is 0 Å². The highest BCUT2D eigenvalue weighted by Gasteiger charge is 2.10. The number of rotatable bonds is 6. The van der Waals surface area contributed by atoms with Gasteiger partial charge in [0, 0.05) is 18.9 Å². The predicted octanol–water partition coefficient (Wildman–Crippen LogP) is 2.91. The van der Waals surface area contributed by atoms with Crippen LogP contribution >= 0.6 is 0 Å². The fourth-order valence-corrected chi connectivity index (χ4v) is 1.73. The Labute approximate surface area is 110 Å². The molecule has 0 aliphatic carbocycles. The van der Waals surface area contributed by atoms with Gasteiger partial charge in [-0.25, -0.2) is 4.79 Å². The molecule has 2 N–H and O–H groups in total. The molecule has 0 amide bonds. The first-order valence-corrected chi connectivity index (χ1v) is 5.87. The van der Waals surface area contributed by atoms with E-state index in [4.69, 9.17) is 14.3 Å². The lowest BCUT2D eigenvalue weighted by Crippen LogP contribution is -1.99. The molecule has 0 spiro atoms. The Morgan fingerprint density at radius 2 is 2.11 bits per heavy atom. The molecule has 0 bridgehead atoms. The third kappa shape index (κ3) is 3.35. The van der Waals surface area contributed by atoms with Crippen LogP contribution in [-0.4, -0.2) is 24.8 Å². The van der Waals surface area contributed by atoms with Gasteiger partial charge in [0.05, 0.1) is 6.61 Å². The maximum atomic E-state index is 10.7. The summed E-state index contributed by atoms with van der Waals surface area (Å²) in [4.78, 5) is 10.7. The van der Waals surface area contributed by atoms with Crippen LogP contribution in [-0.2, 0) is 11.2 Å². The number of carboxylic acid groups (broad SMARTS) is 1. The van der Waals surface area contributed by atoms with Crippen molar-refractivity contribution in [3.8, 4) is 0 Å². The van der Waals surface area contributed by atoms with Crippen molar-refractivity contribution in [2.45, 2.75) is 6.42 Å². The number of hydrogen-bond acceptors (Lipinski definition) is 4. The van der Waals surface area contributed by atoms with Gasteiger partial charge in [-0.15, -0.1) is 0 Å². The van der Waals surface area contributed by atoms with E-state index in [1.165, 1.54) is 6.07 Å². The molecule has 5 nitrogen and oxygen atoms in total. The zero-order valence-electron chi connectivity index (χ0n) is 10.6. The monoisotopic (exact) mass is 261 g/mol. The summed E-state index contributed by atoms with van der Waals surface area (Å²) >= 11 is 0. The molecule has 0 atom stereocenters. The van der Waals surface area contributed by atoms with Crippen molar-refractivity contribution < 1.29 is 19.1 Å². The van der Waals surface area contributed by atoms with Gasteiger partial charge in [-0.1, -0.05) is 18.2 Å². The van der Waals surface area contributed by atoms with Crippen LogP contribution < -0.4 is 5.32 Å². The molecule has 2 aromatic rings. The van der Waals surface area contributed by atoms with Crippen LogP contribution in [0.2, 0.25) is 0 Å². The Morgan fingerprint density at radius 1 is 1.32 bits per heavy atom. The smallest absolute Gasteiger partial charge is 0.371 e. The SMILES string of the molecule is COCCc1ccccc1Nc1ccc(C(=O)O)o1. The minimum absolute atomic E-state index is 0.0862. The summed E-state index contributed by atoms with van der Waals surface area (Å²) in [6.07, 6.45) is 0.770. The van der Waals surface area contributed by atoms with Gasteiger partial charge in [0.15, 0.2) is 5.88 Å². The first-order chi connectivity index (χ1) is 9.20. The van der Waals surface area contributed by atoms with Crippen LogP contribution in [0.1, 0.15) is 16.1 Å². The largest absolute Gasteiger partial charge is 0.475 e. The molecule has 0 radical (unpaired) electrons. The molecule has 0 aliphatic rings. The second-order valence-electron chi connectivity index (χ2n) is 3.99. The molecule has 0 unspecified atom stereocenters. The Morgan fingerprint density at radius 3 is 2.79 bits per heavy atom. The van der Waals surface area contributed by atoms with Gasteiger partial charge >= 0.3 is 5.97 Å². The minimum Gasteiger partial charge on any atom is -0.475 e. The third-order valence-corrected chi connectivity index (χ3v) is 2.67. The maximum absolute atomic E-state index is 10.7. The molecule has 0 fully saturated rings.